The van der Waals surface area contributed by atoms with Gasteiger partial charge >= 0.3 is 0 Å². The molecule has 0 rings (SSSR count). The Morgan fingerprint density at radius 1 is 1.00 bits per heavy atom. The van der Waals surface area contributed by atoms with Crippen molar-refractivity contribution >= 4 is 0 Å². The molecule has 0 saturated carbocycles. The van der Waals surface area contributed by atoms with Gasteiger partial charge < -0.3 is 9.84 Å². The molecule has 0 fully saturated rings. The maximum Gasteiger partial charge on any atom is 0.157 e. The lowest BCUT2D eigenvalue weighted by molar-refractivity contribution is -0.172. The average molecular weight is 301 g/mol. The lowest BCUT2D eigenvalue weighted by Crippen LogP contribution is -2.37. The molecule has 21 heavy (non-hydrogen) atoms. The van der Waals surface area contributed by atoms with E-state index >= 15 is 0 Å². The Morgan fingerprint density at radius 3 is 1.95 bits per heavy atom. The number of unbranched alkanes of at least 4 members (excludes halogenated alkanes) is 1. The van der Waals surface area contributed by atoms with Crippen LogP contribution >= 0.6 is 0 Å². The molecule has 0 aliphatic rings. The highest BCUT2D eigenvalue weighted by molar-refractivity contribution is 4.81. The van der Waals surface area contributed by atoms with E-state index in [2.05, 4.69) is 55.4 Å². The third-order valence-corrected chi connectivity index (χ3v) is 4.33. The molecule has 2 heteroatoms. The predicted molar refractivity (Wildman–Crippen MR) is 92.3 cm³/mol. The molecular formula is C19H40O2. The monoisotopic (exact) mass is 300 g/mol. The molecule has 3 atom stereocenters. The second kappa shape index (κ2) is 9.15. The van der Waals surface area contributed by atoms with E-state index in [1.807, 2.05) is 0 Å². The highest BCUT2D eigenvalue weighted by atomic mass is 16.6. The zero-order chi connectivity index (χ0) is 16.7. The van der Waals surface area contributed by atoms with E-state index in [0.29, 0.717) is 12.5 Å². The number of hydrogen-bond donors (Lipinski definition) is 1. The highest BCUT2D eigenvalue weighted by Crippen LogP contribution is 2.38. The fraction of sp³-hybridized carbons (Fsp3) is 1.00. The van der Waals surface area contributed by atoms with E-state index in [-0.39, 0.29) is 16.7 Å². The maximum absolute atomic E-state index is 10.6. The summed E-state index contributed by atoms with van der Waals surface area (Å²) >= 11 is 0. The average Bonchev–Trinajstić information content (AvgIpc) is 2.33. The lowest BCUT2D eigenvalue weighted by Gasteiger charge is -2.38. The van der Waals surface area contributed by atoms with Gasteiger partial charge in [0.1, 0.15) is 0 Å². The molecule has 0 aliphatic heterocycles. The second-order valence-electron chi connectivity index (χ2n) is 8.88. The van der Waals surface area contributed by atoms with Crippen molar-refractivity contribution in [2.75, 3.05) is 6.61 Å². The van der Waals surface area contributed by atoms with Crippen molar-refractivity contribution in [2.45, 2.75) is 93.8 Å². The fourth-order valence-electron chi connectivity index (χ4n) is 2.74. The first-order chi connectivity index (χ1) is 9.51. The van der Waals surface area contributed by atoms with Gasteiger partial charge in [0, 0.05) is 5.92 Å². The zero-order valence-electron chi connectivity index (χ0n) is 15.8. The van der Waals surface area contributed by atoms with Crippen molar-refractivity contribution in [1.82, 2.24) is 0 Å². The summed E-state index contributed by atoms with van der Waals surface area (Å²) in [4.78, 5) is 0. The molecule has 3 unspecified atom stereocenters. The minimum atomic E-state index is -0.653. The standard InChI is InChI=1S/C19H40O2/c1-9-11-12-15(10-2)14-21-17(20)16(19(6,7)8)13-18(3,4)5/h15-17,20H,9-14H2,1-8H3. The summed E-state index contributed by atoms with van der Waals surface area (Å²) in [5, 5.41) is 10.6. The van der Waals surface area contributed by atoms with Gasteiger partial charge in [0.05, 0.1) is 6.61 Å². The van der Waals surface area contributed by atoms with Crippen LogP contribution in [-0.4, -0.2) is 18.0 Å². The number of hydrogen-bond acceptors (Lipinski definition) is 2. The van der Waals surface area contributed by atoms with Gasteiger partial charge in [0.25, 0.3) is 0 Å². The summed E-state index contributed by atoms with van der Waals surface area (Å²) in [5.41, 5.74) is 0.256. The van der Waals surface area contributed by atoms with Gasteiger partial charge in [0.15, 0.2) is 6.29 Å². The smallest absolute Gasteiger partial charge is 0.157 e. The van der Waals surface area contributed by atoms with Crippen LogP contribution in [0.1, 0.15) is 87.5 Å². The highest BCUT2D eigenvalue weighted by Gasteiger charge is 2.35. The quantitative estimate of drug-likeness (QED) is 0.559. The Kier molecular flexibility index (Phi) is 9.11. The Morgan fingerprint density at radius 2 is 1.57 bits per heavy atom. The topological polar surface area (TPSA) is 29.5 Å². The number of ether oxygens (including phenoxy) is 1. The van der Waals surface area contributed by atoms with Crippen LogP contribution in [0.3, 0.4) is 0 Å². The van der Waals surface area contributed by atoms with Crippen molar-refractivity contribution in [3.63, 3.8) is 0 Å². The van der Waals surface area contributed by atoms with Gasteiger partial charge in [-0.1, -0.05) is 74.7 Å². The summed E-state index contributed by atoms with van der Waals surface area (Å²) in [6.45, 7) is 18.4. The fourth-order valence-corrected chi connectivity index (χ4v) is 2.74. The number of aliphatic hydroxyl groups is 1. The van der Waals surface area contributed by atoms with E-state index in [0.717, 1.165) is 12.8 Å². The van der Waals surface area contributed by atoms with Crippen LogP contribution < -0.4 is 0 Å². The molecule has 0 radical (unpaired) electrons. The minimum absolute atomic E-state index is 0.0534. The molecule has 0 aromatic heterocycles. The first-order valence-corrected chi connectivity index (χ1v) is 8.81. The van der Waals surface area contributed by atoms with Crippen LogP contribution in [-0.2, 0) is 4.74 Å². The van der Waals surface area contributed by atoms with Gasteiger partial charge in [-0.3, -0.25) is 0 Å². The Bertz CT molecular complexity index is 260. The van der Waals surface area contributed by atoms with Gasteiger partial charge in [-0.15, -0.1) is 0 Å². The molecular weight excluding hydrogens is 260 g/mol. The molecule has 0 aromatic rings. The lowest BCUT2D eigenvalue weighted by atomic mass is 9.72. The summed E-state index contributed by atoms with van der Waals surface area (Å²) in [6, 6.07) is 0. The van der Waals surface area contributed by atoms with E-state index in [9.17, 15) is 5.11 Å². The Balaban J connectivity index is 4.57. The van der Waals surface area contributed by atoms with Crippen LogP contribution in [0.25, 0.3) is 0 Å². The molecule has 0 bridgehead atoms. The minimum Gasteiger partial charge on any atom is -0.368 e. The van der Waals surface area contributed by atoms with Crippen molar-refractivity contribution < 1.29 is 9.84 Å². The van der Waals surface area contributed by atoms with E-state index in [1.165, 1.54) is 19.3 Å². The molecule has 128 valence electrons. The van der Waals surface area contributed by atoms with Crippen molar-refractivity contribution in [2.24, 2.45) is 22.7 Å². The summed E-state index contributed by atoms with van der Waals surface area (Å²) < 4.78 is 5.88. The van der Waals surface area contributed by atoms with Crippen LogP contribution in [0.5, 0.6) is 0 Å². The van der Waals surface area contributed by atoms with Crippen molar-refractivity contribution in [1.29, 1.82) is 0 Å². The van der Waals surface area contributed by atoms with Gasteiger partial charge in [-0.2, -0.15) is 0 Å². The van der Waals surface area contributed by atoms with Crippen LogP contribution in [0.2, 0.25) is 0 Å². The summed E-state index contributed by atoms with van der Waals surface area (Å²) in [6.07, 6.45) is 5.14. The van der Waals surface area contributed by atoms with Crippen molar-refractivity contribution in [3.8, 4) is 0 Å². The maximum atomic E-state index is 10.6. The number of aliphatic hydroxyl groups excluding tert-OH is 1. The van der Waals surface area contributed by atoms with Crippen LogP contribution in [0.4, 0.5) is 0 Å². The zero-order valence-corrected chi connectivity index (χ0v) is 15.8. The van der Waals surface area contributed by atoms with E-state index in [1.54, 1.807) is 0 Å². The Labute approximate surface area is 133 Å². The largest absolute Gasteiger partial charge is 0.368 e. The van der Waals surface area contributed by atoms with E-state index < -0.39 is 6.29 Å². The normalized spacial score (nSPS) is 17.6. The Hall–Kier alpha value is -0.0800. The number of rotatable bonds is 9. The molecule has 2 nitrogen and oxygen atoms in total. The summed E-state index contributed by atoms with van der Waals surface area (Å²) in [5.74, 6) is 0.746. The third-order valence-electron chi connectivity index (χ3n) is 4.33. The van der Waals surface area contributed by atoms with Gasteiger partial charge in [-0.05, 0) is 29.6 Å². The first kappa shape index (κ1) is 20.9. The van der Waals surface area contributed by atoms with E-state index in [4.69, 9.17) is 4.74 Å². The molecule has 0 aliphatic carbocycles. The molecule has 0 spiro atoms. The van der Waals surface area contributed by atoms with Crippen molar-refractivity contribution in [3.05, 3.63) is 0 Å². The molecule has 0 saturated heterocycles. The predicted octanol–water partition coefficient (Wildman–Crippen LogP) is 5.64. The molecule has 1 N–H and O–H groups in total. The van der Waals surface area contributed by atoms with Crippen LogP contribution in [0.15, 0.2) is 0 Å². The molecule has 0 aromatic carbocycles. The SMILES string of the molecule is CCCCC(CC)COC(O)C(CC(C)(C)C)C(C)(C)C. The van der Waals surface area contributed by atoms with Gasteiger partial charge in [-0.25, -0.2) is 0 Å². The summed E-state index contributed by atoms with van der Waals surface area (Å²) in [7, 11) is 0. The van der Waals surface area contributed by atoms with Gasteiger partial charge in [0.2, 0.25) is 0 Å². The molecule has 0 heterocycles. The van der Waals surface area contributed by atoms with Crippen LogP contribution in [0, 0.1) is 22.7 Å². The molecule has 0 amide bonds. The second-order valence-corrected chi connectivity index (χ2v) is 8.88. The first-order valence-electron chi connectivity index (χ1n) is 8.81. The third kappa shape index (κ3) is 9.52.